The molecule has 0 unspecified atom stereocenters. The van der Waals surface area contributed by atoms with Crippen LogP contribution in [0.1, 0.15) is 38.5 Å². The van der Waals surface area contributed by atoms with E-state index >= 15 is 0 Å². The monoisotopic (exact) mass is 256 g/mol. The van der Waals surface area contributed by atoms with E-state index < -0.39 is 0 Å². The molecule has 0 aromatic carbocycles. The number of carbonyl (C=O) groups excluding carboxylic acids is 1. The second-order valence-electron chi connectivity index (χ2n) is 5.82. The molecule has 0 spiro atoms. The predicted octanol–water partition coefficient (Wildman–Crippen LogP) is 3.17. The molecule has 0 aromatic heterocycles. The Morgan fingerprint density at radius 3 is 1.86 bits per heavy atom. The average Bonchev–Trinajstić information content (AvgIpc) is 2.14. The van der Waals surface area contributed by atoms with Crippen molar-refractivity contribution in [2.24, 2.45) is 23.2 Å². The minimum Gasteiger partial charge on any atom is -0.302 e. The Bertz CT molecular complexity index is 226. The highest BCUT2D eigenvalue weighted by molar-refractivity contribution is 9.10. The van der Waals surface area contributed by atoms with Crippen LogP contribution >= 0.6 is 15.9 Å². The first-order chi connectivity index (χ1) is 6.72. The van der Waals surface area contributed by atoms with Gasteiger partial charge in [0.15, 0.2) is 0 Å². The lowest BCUT2D eigenvalue weighted by molar-refractivity contribution is -0.114. The van der Waals surface area contributed by atoms with Crippen LogP contribution < -0.4 is 0 Å². The summed E-state index contributed by atoms with van der Waals surface area (Å²) < 4.78 is 0. The van der Waals surface area contributed by atoms with Crippen molar-refractivity contribution >= 4 is 22.2 Å². The molecule has 0 saturated heterocycles. The largest absolute Gasteiger partial charge is 0.302 e. The fourth-order valence-corrected chi connectivity index (χ4v) is 5.22. The first-order valence-electron chi connectivity index (χ1n) is 5.81. The minimum atomic E-state index is 0.128. The average molecular weight is 257 g/mol. The van der Waals surface area contributed by atoms with Crippen molar-refractivity contribution in [2.45, 2.75) is 43.4 Å². The van der Waals surface area contributed by atoms with Gasteiger partial charge in [0.25, 0.3) is 0 Å². The van der Waals surface area contributed by atoms with Gasteiger partial charge in [-0.3, -0.25) is 0 Å². The Morgan fingerprint density at radius 1 is 1.07 bits per heavy atom. The molecule has 2 heteroatoms. The smallest absolute Gasteiger partial charge is 0.134 e. The second-order valence-corrected chi connectivity index (χ2v) is 6.80. The molecule has 4 saturated carbocycles. The highest BCUT2D eigenvalue weighted by Gasteiger charge is 2.53. The fraction of sp³-hybridized carbons (Fsp3) is 0.917. The Labute approximate surface area is 93.8 Å². The molecule has 1 atom stereocenters. The Morgan fingerprint density at radius 2 is 1.50 bits per heavy atom. The van der Waals surface area contributed by atoms with Gasteiger partial charge in [-0.25, -0.2) is 0 Å². The summed E-state index contributed by atoms with van der Waals surface area (Å²) in [5, 5.41) is 0. The van der Waals surface area contributed by atoms with Gasteiger partial charge in [0.1, 0.15) is 6.29 Å². The van der Waals surface area contributed by atoms with Gasteiger partial charge in [-0.1, -0.05) is 15.9 Å². The highest BCUT2D eigenvalue weighted by atomic mass is 79.9. The van der Waals surface area contributed by atoms with Crippen molar-refractivity contribution in [1.82, 2.24) is 0 Å². The Balaban J connectivity index is 1.90. The number of carbonyl (C=O) groups is 1. The number of hydrogen-bond donors (Lipinski definition) is 0. The van der Waals surface area contributed by atoms with E-state index in [1.807, 2.05) is 0 Å². The summed E-state index contributed by atoms with van der Waals surface area (Å²) in [6.45, 7) is 0. The first kappa shape index (κ1) is 9.38. The van der Waals surface area contributed by atoms with Crippen LogP contribution in [-0.2, 0) is 4.79 Å². The maximum Gasteiger partial charge on any atom is 0.134 e. The molecule has 4 aliphatic carbocycles. The van der Waals surface area contributed by atoms with Gasteiger partial charge in [-0.2, -0.15) is 0 Å². The molecule has 0 aromatic rings. The first-order valence-corrected chi connectivity index (χ1v) is 6.73. The number of alkyl halides is 1. The zero-order valence-electron chi connectivity index (χ0n) is 8.42. The second kappa shape index (κ2) is 3.07. The lowest BCUT2D eigenvalue weighted by Gasteiger charge is -2.57. The van der Waals surface area contributed by atoms with Gasteiger partial charge in [-0.15, -0.1) is 0 Å². The van der Waals surface area contributed by atoms with E-state index in [9.17, 15) is 4.79 Å². The lowest BCUT2D eigenvalue weighted by Crippen LogP contribution is -2.50. The Hall–Kier alpha value is 0.150. The van der Waals surface area contributed by atoms with Gasteiger partial charge in [0.2, 0.25) is 0 Å². The molecule has 0 amide bonds. The predicted molar refractivity (Wildman–Crippen MR) is 59.4 cm³/mol. The van der Waals surface area contributed by atoms with E-state index in [0.717, 1.165) is 24.0 Å². The van der Waals surface area contributed by atoms with E-state index in [2.05, 4.69) is 15.9 Å². The molecular formula is C12H17BrO. The van der Waals surface area contributed by atoms with Crippen molar-refractivity contribution in [3.63, 3.8) is 0 Å². The molecule has 0 aliphatic heterocycles. The summed E-state index contributed by atoms with van der Waals surface area (Å²) in [5.41, 5.74) is 0.358. The summed E-state index contributed by atoms with van der Waals surface area (Å²) in [4.78, 5) is 11.1. The molecule has 4 rings (SSSR count). The normalized spacial score (nSPS) is 51.9. The summed E-state index contributed by atoms with van der Waals surface area (Å²) in [6, 6.07) is 0. The summed E-state index contributed by atoms with van der Waals surface area (Å²) >= 11 is 3.60. The molecule has 4 bridgehead atoms. The van der Waals surface area contributed by atoms with Crippen LogP contribution in [-0.4, -0.2) is 11.1 Å². The van der Waals surface area contributed by atoms with Crippen molar-refractivity contribution in [3.05, 3.63) is 0 Å². The van der Waals surface area contributed by atoms with Gasteiger partial charge < -0.3 is 4.79 Å². The van der Waals surface area contributed by atoms with Crippen LogP contribution in [0.2, 0.25) is 0 Å². The number of hydrogen-bond acceptors (Lipinski definition) is 1. The van der Waals surface area contributed by atoms with E-state index in [0.29, 0.717) is 5.41 Å². The van der Waals surface area contributed by atoms with Gasteiger partial charge in [0, 0.05) is 0 Å². The van der Waals surface area contributed by atoms with Crippen LogP contribution in [0.15, 0.2) is 0 Å². The van der Waals surface area contributed by atoms with Crippen LogP contribution in [0, 0.1) is 23.2 Å². The van der Waals surface area contributed by atoms with E-state index in [4.69, 9.17) is 0 Å². The van der Waals surface area contributed by atoms with Gasteiger partial charge in [0.05, 0.1) is 4.83 Å². The van der Waals surface area contributed by atoms with Crippen LogP contribution in [0.25, 0.3) is 0 Å². The van der Waals surface area contributed by atoms with Crippen molar-refractivity contribution in [3.8, 4) is 0 Å². The quantitative estimate of drug-likeness (QED) is 0.548. The summed E-state index contributed by atoms with van der Waals surface area (Å²) in [5.74, 6) is 2.84. The third-order valence-corrected chi connectivity index (χ3v) is 5.98. The number of aldehydes is 1. The molecule has 0 radical (unpaired) electrons. The molecular weight excluding hydrogens is 240 g/mol. The highest BCUT2D eigenvalue weighted by Crippen LogP contribution is 2.62. The van der Waals surface area contributed by atoms with Crippen LogP contribution in [0.3, 0.4) is 0 Å². The zero-order valence-corrected chi connectivity index (χ0v) is 10.0. The number of rotatable bonds is 2. The zero-order chi connectivity index (χ0) is 9.76. The molecule has 0 N–H and O–H groups in total. The minimum absolute atomic E-state index is 0.128. The van der Waals surface area contributed by atoms with E-state index in [-0.39, 0.29) is 4.83 Å². The van der Waals surface area contributed by atoms with E-state index in [1.165, 1.54) is 38.5 Å². The topological polar surface area (TPSA) is 17.1 Å². The van der Waals surface area contributed by atoms with Crippen LogP contribution in [0.4, 0.5) is 0 Å². The van der Waals surface area contributed by atoms with Crippen LogP contribution in [0.5, 0.6) is 0 Å². The van der Waals surface area contributed by atoms with Crippen molar-refractivity contribution in [2.75, 3.05) is 0 Å². The molecule has 4 fully saturated rings. The molecule has 14 heavy (non-hydrogen) atoms. The van der Waals surface area contributed by atoms with E-state index in [1.54, 1.807) is 0 Å². The molecule has 0 heterocycles. The number of halogens is 1. The molecule has 78 valence electrons. The lowest BCUT2D eigenvalue weighted by atomic mass is 9.49. The van der Waals surface area contributed by atoms with Crippen molar-refractivity contribution in [1.29, 1.82) is 0 Å². The SMILES string of the molecule is O=C[C@@H](Br)C12CC3CC(CC(C3)C1)C2. The Kier molecular flexibility index (Phi) is 2.06. The fourth-order valence-electron chi connectivity index (χ4n) is 4.66. The van der Waals surface area contributed by atoms with Crippen molar-refractivity contribution < 1.29 is 4.79 Å². The maximum absolute atomic E-state index is 11.0. The third kappa shape index (κ3) is 1.22. The third-order valence-electron chi connectivity index (χ3n) is 4.79. The molecule has 1 nitrogen and oxygen atoms in total. The molecule has 4 aliphatic rings. The van der Waals surface area contributed by atoms with Gasteiger partial charge in [-0.05, 0) is 61.7 Å². The standard InChI is InChI=1S/C12H17BrO/c13-11(7-14)12-4-8-1-9(5-12)3-10(2-8)6-12/h7-11H,1-6H2/t8?,9?,10?,11-,12?/m1/s1. The summed E-state index contributed by atoms with van der Waals surface area (Å²) in [6.07, 6.45) is 9.44. The maximum atomic E-state index is 11.0. The van der Waals surface area contributed by atoms with Gasteiger partial charge >= 0.3 is 0 Å². The summed E-state index contributed by atoms with van der Waals surface area (Å²) in [7, 11) is 0.